The maximum atomic E-state index is 9.49. The van der Waals surface area contributed by atoms with E-state index >= 15 is 0 Å². The minimum atomic E-state index is 0.198. The fourth-order valence-corrected chi connectivity index (χ4v) is 4.27. The van der Waals surface area contributed by atoms with Crippen molar-refractivity contribution in [2.75, 3.05) is 24.3 Å². The predicted molar refractivity (Wildman–Crippen MR) is 123 cm³/mol. The van der Waals surface area contributed by atoms with E-state index in [1.54, 1.807) is 12.1 Å². The second-order valence-electron chi connectivity index (χ2n) is 8.13. The lowest BCUT2D eigenvalue weighted by atomic mass is 9.91. The summed E-state index contributed by atoms with van der Waals surface area (Å²) in [6.45, 7) is 0.710. The zero-order valence-corrected chi connectivity index (χ0v) is 18.2. The van der Waals surface area contributed by atoms with E-state index in [4.69, 9.17) is 21.6 Å². The third-order valence-electron chi connectivity index (χ3n) is 5.68. The number of phenols is 1. The number of para-hydroxylation sites is 1. The van der Waals surface area contributed by atoms with Gasteiger partial charge >= 0.3 is 0 Å². The summed E-state index contributed by atoms with van der Waals surface area (Å²) in [6.07, 6.45) is 4.30. The number of nitrogens with zero attached hydrogens (tertiary/aromatic N) is 3. The fourth-order valence-electron chi connectivity index (χ4n) is 4.02. The van der Waals surface area contributed by atoms with Crippen LogP contribution in [-0.4, -0.2) is 41.3 Å². The van der Waals surface area contributed by atoms with Crippen LogP contribution in [0.3, 0.4) is 0 Å². The maximum absolute atomic E-state index is 9.49. The van der Waals surface area contributed by atoms with E-state index in [-0.39, 0.29) is 5.75 Å². The normalized spacial score (nSPS) is 19.0. The lowest BCUT2D eigenvalue weighted by Gasteiger charge is -2.30. The fraction of sp³-hybridized carbons (Fsp3) is 0.391. The van der Waals surface area contributed by atoms with Crippen molar-refractivity contribution >= 4 is 34.3 Å². The van der Waals surface area contributed by atoms with Gasteiger partial charge in [-0.3, -0.25) is 0 Å². The molecule has 0 atom stereocenters. The van der Waals surface area contributed by atoms with E-state index in [0.29, 0.717) is 29.6 Å². The molecule has 1 aromatic heterocycles. The summed E-state index contributed by atoms with van der Waals surface area (Å²) in [7, 11) is 4.02. The lowest BCUT2D eigenvalue weighted by molar-refractivity contribution is 0.352. The van der Waals surface area contributed by atoms with Crippen molar-refractivity contribution in [3.63, 3.8) is 0 Å². The highest BCUT2D eigenvalue weighted by Crippen LogP contribution is 2.27. The number of benzene rings is 2. The summed E-state index contributed by atoms with van der Waals surface area (Å²) >= 11 is 6.21. The molecule has 158 valence electrons. The molecule has 0 radical (unpaired) electrons. The monoisotopic (exact) mass is 425 g/mol. The summed E-state index contributed by atoms with van der Waals surface area (Å²) in [5, 5.41) is 18.3. The number of aromatic nitrogens is 2. The molecule has 2 aromatic carbocycles. The van der Waals surface area contributed by atoms with Crippen molar-refractivity contribution in [3.8, 4) is 5.75 Å². The molecule has 1 aliphatic carbocycles. The number of rotatable bonds is 6. The first-order valence-electron chi connectivity index (χ1n) is 10.4. The van der Waals surface area contributed by atoms with Gasteiger partial charge in [0, 0.05) is 43.1 Å². The second-order valence-corrected chi connectivity index (χ2v) is 8.54. The Hall–Kier alpha value is -2.57. The molecule has 0 spiro atoms. The molecule has 0 aliphatic heterocycles. The molecule has 1 aliphatic rings. The SMILES string of the molecule is CN(C)c1nc(N[C@H]2CC[C@@H](NCc3ccc(O)cc3Cl)CC2)nc2ccccc12. The van der Waals surface area contributed by atoms with Gasteiger partial charge in [0.15, 0.2) is 0 Å². The molecule has 0 amide bonds. The third kappa shape index (κ3) is 4.77. The van der Waals surface area contributed by atoms with Crippen LogP contribution in [0.5, 0.6) is 5.75 Å². The zero-order valence-electron chi connectivity index (χ0n) is 17.4. The molecule has 30 heavy (non-hydrogen) atoms. The number of aromatic hydroxyl groups is 1. The molecule has 1 saturated carbocycles. The standard InChI is InChI=1S/C23H28ClN5O/c1-29(2)22-19-5-3-4-6-21(19)27-23(28-22)26-17-10-8-16(9-11-17)25-14-15-7-12-18(30)13-20(15)24/h3-7,12-13,16-17,25,30H,8-11,14H2,1-2H3,(H,26,27,28)/t16-,17+. The number of halogens is 1. The Morgan fingerprint density at radius 3 is 2.50 bits per heavy atom. The van der Waals surface area contributed by atoms with Crippen LogP contribution in [0.1, 0.15) is 31.2 Å². The Kier molecular flexibility index (Phi) is 6.25. The maximum Gasteiger partial charge on any atom is 0.225 e. The highest BCUT2D eigenvalue weighted by atomic mass is 35.5. The minimum absolute atomic E-state index is 0.198. The first-order chi connectivity index (χ1) is 14.5. The quantitative estimate of drug-likeness (QED) is 0.537. The van der Waals surface area contributed by atoms with E-state index in [1.165, 1.54) is 0 Å². The van der Waals surface area contributed by atoms with Crippen molar-refractivity contribution in [3.05, 3.63) is 53.1 Å². The summed E-state index contributed by atoms with van der Waals surface area (Å²) in [4.78, 5) is 11.5. The van der Waals surface area contributed by atoms with Crippen molar-refractivity contribution in [2.45, 2.75) is 44.3 Å². The van der Waals surface area contributed by atoms with E-state index in [1.807, 2.05) is 43.3 Å². The topological polar surface area (TPSA) is 73.3 Å². The van der Waals surface area contributed by atoms with E-state index in [0.717, 1.165) is 48.0 Å². The first kappa shape index (κ1) is 20.7. The number of hydrogen-bond donors (Lipinski definition) is 3. The van der Waals surface area contributed by atoms with Crippen LogP contribution in [0.4, 0.5) is 11.8 Å². The van der Waals surface area contributed by atoms with Crippen LogP contribution < -0.4 is 15.5 Å². The van der Waals surface area contributed by atoms with Gasteiger partial charge in [-0.2, -0.15) is 4.98 Å². The third-order valence-corrected chi connectivity index (χ3v) is 6.04. The Morgan fingerprint density at radius 2 is 1.77 bits per heavy atom. The molecular formula is C23H28ClN5O. The van der Waals surface area contributed by atoms with Gasteiger partial charge in [-0.05, 0) is 55.5 Å². The zero-order chi connectivity index (χ0) is 21.1. The number of phenolic OH excluding ortho intramolecular Hbond substituents is 1. The highest BCUT2D eigenvalue weighted by molar-refractivity contribution is 6.31. The predicted octanol–water partition coefficient (Wildman–Crippen LogP) is 4.57. The molecule has 1 fully saturated rings. The van der Waals surface area contributed by atoms with E-state index < -0.39 is 0 Å². The Balaban J connectivity index is 1.34. The van der Waals surface area contributed by atoms with Crippen LogP contribution in [0, 0.1) is 0 Å². The first-order valence-corrected chi connectivity index (χ1v) is 10.8. The van der Waals surface area contributed by atoms with Gasteiger partial charge in [0.1, 0.15) is 11.6 Å². The van der Waals surface area contributed by atoms with Crippen molar-refractivity contribution < 1.29 is 5.11 Å². The van der Waals surface area contributed by atoms with Crippen LogP contribution in [0.2, 0.25) is 5.02 Å². The second kappa shape index (κ2) is 9.06. The van der Waals surface area contributed by atoms with Gasteiger partial charge in [-0.25, -0.2) is 4.98 Å². The Bertz CT molecular complexity index is 1020. The summed E-state index contributed by atoms with van der Waals surface area (Å²) in [6, 6.07) is 14.1. The van der Waals surface area contributed by atoms with Crippen LogP contribution in [0.25, 0.3) is 10.9 Å². The molecule has 4 rings (SSSR count). The molecule has 6 nitrogen and oxygen atoms in total. The lowest BCUT2D eigenvalue weighted by Crippen LogP contribution is -2.37. The van der Waals surface area contributed by atoms with Crippen molar-refractivity contribution in [2.24, 2.45) is 0 Å². The number of nitrogens with one attached hydrogen (secondary N) is 2. The number of anilines is 2. The van der Waals surface area contributed by atoms with E-state index in [9.17, 15) is 5.11 Å². The molecular weight excluding hydrogens is 398 g/mol. The van der Waals surface area contributed by atoms with Crippen LogP contribution in [0.15, 0.2) is 42.5 Å². The molecule has 0 unspecified atom stereocenters. The molecule has 3 N–H and O–H groups in total. The van der Waals surface area contributed by atoms with Gasteiger partial charge in [-0.1, -0.05) is 29.8 Å². The van der Waals surface area contributed by atoms with Crippen molar-refractivity contribution in [1.29, 1.82) is 0 Å². The molecule has 7 heteroatoms. The average Bonchev–Trinajstić information content (AvgIpc) is 2.73. The summed E-state index contributed by atoms with van der Waals surface area (Å²) < 4.78 is 0. The van der Waals surface area contributed by atoms with Gasteiger partial charge in [0.25, 0.3) is 0 Å². The summed E-state index contributed by atoms with van der Waals surface area (Å²) in [5.41, 5.74) is 1.97. The summed E-state index contributed by atoms with van der Waals surface area (Å²) in [5.74, 6) is 1.83. The number of fused-ring (bicyclic) bond motifs is 1. The highest BCUT2D eigenvalue weighted by Gasteiger charge is 2.22. The van der Waals surface area contributed by atoms with E-state index in [2.05, 4.69) is 16.7 Å². The van der Waals surface area contributed by atoms with Gasteiger partial charge in [0.2, 0.25) is 5.95 Å². The van der Waals surface area contributed by atoms with Crippen molar-refractivity contribution in [1.82, 2.24) is 15.3 Å². The average molecular weight is 426 g/mol. The molecule has 0 saturated heterocycles. The number of hydrogen-bond acceptors (Lipinski definition) is 6. The smallest absolute Gasteiger partial charge is 0.225 e. The largest absolute Gasteiger partial charge is 0.508 e. The molecule has 0 bridgehead atoms. The molecule has 1 heterocycles. The van der Waals surface area contributed by atoms with Gasteiger partial charge in [-0.15, -0.1) is 0 Å². The Labute approximate surface area is 182 Å². The Morgan fingerprint density at radius 1 is 1.03 bits per heavy atom. The minimum Gasteiger partial charge on any atom is -0.508 e. The molecule has 3 aromatic rings. The van der Waals surface area contributed by atoms with Crippen LogP contribution >= 0.6 is 11.6 Å². The van der Waals surface area contributed by atoms with Gasteiger partial charge in [0.05, 0.1) is 5.52 Å². The van der Waals surface area contributed by atoms with Gasteiger partial charge < -0.3 is 20.6 Å². The van der Waals surface area contributed by atoms with Crippen LogP contribution in [-0.2, 0) is 6.54 Å².